The summed E-state index contributed by atoms with van der Waals surface area (Å²) in [6.07, 6.45) is 1.54. The van der Waals surface area contributed by atoms with Gasteiger partial charge in [-0.1, -0.05) is 12.1 Å². The van der Waals surface area contributed by atoms with Crippen molar-refractivity contribution in [2.45, 2.75) is 6.92 Å². The molecule has 0 saturated heterocycles. The molecule has 0 saturated carbocycles. The van der Waals surface area contributed by atoms with Gasteiger partial charge in [0, 0.05) is 11.8 Å². The fraction of sp³-hybridized carbons (Fsp3) is 0.182. The number of carbonyl (C=O) groups excluding carboxylic acids is 2. The molecular weight excluding hydrogens is 377 g/mol. The van der Waals surface area contributed by atoms with Gasteiger partial charge in [-0.2, -0.15) is 0 Å². The number of halogens is 1. The molecule has 0 atom stereocenters. The van der Waals surface area contributed by atoms with E-state index in [4.69, 9.17) is 14.2 Å². The Labute approximate surface area is 167 Å². The zero-order valence-corrected chi connectivity index (χ0v) is 16.5. The number of nitrogens with zero attached hydrogens (tertiary/aromatic N) is 1. The third-order valence-electron chi connectivity index (χ3n) is 4.60. The summed E-state index contributed by atoms with van der Waals surface area (Å²) in [5.41, 5.74) is 1.82. The van der Waals surface area contributed by atoms with Gasteiger partial charge in [-0.25, -0.2) is 9.18 Å². The highest BCUT2D eigenvalue weighted by Crippen LogP contribution is 2.39. The highest BCUT2D eigenvalue weighted by molar-refractivity contribution is 6.23. The van der Waals surface area contributed by atoms with Crippen LogP contribution in [0, 0.1) is 5.82 Å². The number of anilines is 1. The van der Waals surface area contributed by atoms with Crippen molar-refractivity contribution in [3.8, 4) is 11.5 Å². The molecule has 1 heterocycles. The van der Waals surface area contributed by atoms with E-state index < -0.39 is 17.7 Å². The molecule has 0 radical (unpaired) electrons. The predicted molar refractivity (Wildman–Crippen MR) is 106 cm³/mol. The number of allylic oxidation sites excluding steroid dienone is 1. The number of methoxy groups -OCH3 is 3. The first-order valence-corrected chi connectivity index (χ1v) is 8.74. The fourth-order valence-corrected chi connectivity index (χ4v) is 3.18. The summed E-state index contributed by atoms with van der Waals surface area (Å²) in [4.78, 5) is 27.1. The molecule has 6 nitrogen and oxygen atoms in total. The van der Waals surface area contributed by atoms with Crippen LogP contribution in [-0.2, 0) is 14.3 Å². The molecule has 2 aromatic carbocycles. The second-order valence-electron chi connectivity index (χ2n) is 6.24. The van der Waals surface area contributed by atoms with Crippen molar-refractivity contribution in [3.63, 3.8) is 0 Å². The monoisotopic (exact) mass is 397 g/mol. The van der Waals surface area contributed by atoms with Crippen LogP contribution < -0.4 is 14.4 Å². The first kappa shape index (κ1) is 20.1. The van der Waals surface area contributed by atoms with E-state index in [1.54, 1.807) is 25.1 Å². The van der Waals surface area contributed by atoms with Crippen LogP contribution in [0.4, 0.5) is 10.1 Å². The lowest BCUT2D eigenvalue weighted by molar-refractivity contribution is -0.136. The normalized spacial score (nSPS) is 15.1. The van der Waals surface area contributed by atoms with Gasteiger partial charge in [-0.15, -0.1) is 0 Å². The summed E-state index contributed by atoms with van der Waals surface area (Å²) in [6, 6.07) is 10.6. The second kappa shape index (κ2) is 8.18. The summed E-state index contributed by atoms with van der Waals surface area (Å²) < 4.78 is 28.7. The molecule has 0 unspecified atom stereocenters. The van der Waals surface area contributed by atoms with Crippen molar-refractivity contribution in [3.05, 3.63) is 70.7 Å². The van der Waals surface area contributed by atoms with E-state index in [-0.39, 0.29) is 11.1 Å². The maximum absolute atomic E-state index is 13.2. The van der Waals surface area contributed by atoms with Crippen molar-refractivity contribution >= 4 is 23.6 Å². The minimum atomic E-state index is -0.632. The van der Waals surface area contributed by atoms with Gasteiger partial charge >= 0.3 is 5.97 Å². The van der Waals surface area contributed by atoms with Crippen molar-refractivity contribution in [2.24, 2.45) is 0 Å². The Morgan fingerprint density at radius 2 is 1.66 bits per heavy atom. The molecule has 0 fully saturated rings. The molecule has 0 spiro atoms. The highest BCUT2D eigenvalue weighted by atomic mass is 19.1. The van der Waals surface area contributed by atoms with E-state index in [2.05, 4.69) is 0 Å². The van der Waals surface area contributed by atoms with Crippen LogP contribution in [0.15, 0.2) is 59.3 Å². The molecule has 150 valence electrons. The number of amides is 1. The van der Waals surface area contributed by atoms with Gasteiger partial charge in [-0.3, -0.25) is 9.69 Å². The highest BCUT2D eigenvalue weighted by Gasteiger charge is 2.38. The third-order valence-corrected chi connectivity index (χ3v) is 4.60. The zero-order valence-electron chi connectivity index (χ0n) is 16.5. The van der Waals surface area contributed by atoms with E-state index in [1.807, 2.05) is 0 Å². The molecule has 7 heteroatoms. The standard InChI is InChI=1S/C22H20FNO5/c1-13-20(22(26)29-4)17(11-14-5-7-15(23)8-6-14)21(25)24(13)16-9-10-18(27-2)19(12-16)28-3/h5-12H,1-4H3/b17-11-. The number of ether oxygens (including phenoxy) is 3. The molecule has 0 N–H and O–H groups in total. The summed E-state index contributed by atoms with van der Waals surface area (Å²) in [5, 5.41) is 0. The number of hydrogen-bond acceptors (Lipinski definition) is 5. The summed E-state index contributed by atoms with van der Waals surface area (Å²) >= 11 is 0. The second-order valence-corrected chi connectivity index (χ2v) is 6.24. The fourth-order valence-electron chi connectivity index (χ4n) is 3.18. The van der Waals surface area contributed by atoms with Gasteiger partial charge < -0.3 is 14.2 Å². The Morgan fingerprint density at radius 1 is 1.00 bits per heavy atom. The Hall–Kier alpha value is -3.61. The van der Waals surface area contributed by atoms with Gasteiger partial charge in [0.1, 0.15) is 5.82 Å². The van der Waals surface area contributed by atoms with Crippen LogP contribution in [0.25, 0.3) is 6.08 Å². The molecule has 3 rings (SSSR count). The van der Waals surface area contributed by atoms with Crippen molar-refractivity contribution < 1.29 is 28.2 Å². The maximum Gasteiger partial charge on any atom is 0.340 e. The number of rotatable bonds is 5. The first-order valence-electron chi connectivity index (χ1n) is 8.74. The van der Waals surface area contributed by atoms with Crippen LogP contribution in [0.2, 0.25) is 0 Å². The minimum absolute atomic E-state index is 0.150. The van der Waals surface area contributed by atoms with Crippen molar-refractivity contribution in [2.75, 3.05) is 26.2 Å². The number of carbonyl (C=O) groups is 2. The van der Waals surface area contributed by atoms with Crippen LogP contribution in [0.3, 0.4) is 0 Å². The van der Waals surface area contributed by atoms with Crippen LogP contribution in [0.1, 0.15) is 12.5 Å². The van der Waals surface area contributed by atoms with Gasteiger partial charge in [0.15, 0.2) is 11.5 Å². The number of hydrogen-bond donors (Lipinski definition) is 0. The smallest absolute Gasteiger partial charge is 0.340 e. The van der Waals surface area contributed by atoms with Gasteiger partial charge in [0.25, 0.3) is 5.91 Å². The average Bonchev–Trinajstić information content (AvgIpc) is 2.98. The van der Waals surface area contributed by atoms with Crippen LogP contribution >= 0.6 is 0 Å². The Kier molecular flexibility index (Phi) is 5.68. The Bertz CT molecular complexity index is 1020. The molecule has 0 aromatic heterocycles. The topological polar surface area (TPSA) is 65.1 Å². The SMILES string of the molecule is COC(=O)C1=C(C)N(c2ccc(OC)c(OC)c2)C(=O)/C1=C\c1ccc(F)cc1. The lowest BCUT2D eigenvalue weighted by atomic mass is 10.0. The van der Waals surface area contributed by atoms with Crippen molar-refractivity contribution in [1.29, 1.82) is 0 Å². The van der Waals surface area contributed by atoms with Crippen LogP contribution in [0.5, 0.6) is 11.5 Å². The Balaban J connectivity index is 2.13. The predicted octanol–water partition coefficient (Wildman–Crippen LogP) is 3.72. The lowest BCUT2D eigenvalue weighted by Crippen LogP contribution is -2.24. The zero-order chi connectivity index (χ0) is 21.1. The lowest BCUT2D eigenvalue weighted by Gasteiger charge is -2.19. The molecule has 1 aliphatic heterocycles. The third kappa shape index (κ3) is 3.71. The molecule has 1 amide bonds. The average molecular weight is 397 g/mol. The summed E-state index contributed by atoms with van der Waals surface area (Å²) in [5.74, 6) is -0.468. The van der Waals surface area contributed by atoms with E-state index in [0.29, 0.717) is 28.4 Å². The molecule has 0 aliphatic carbocycles. The van der Waals surface area contributed by atoms with Crippen LogP contribution in [-0.4, -0.2) is 33.2 Å². The van der Waals surface area contributed by atoms with E-state index in [0.717, 1.165) is 0 Å². The van der Waals surface area contributed by atoms with Gasteiger partial charge in [0.05, 0.1) is 38.2 Å². The summed E-state index contributed by atoms with van der Waals surface area (Å²) in [6.45, 7) is 1.66. The largest absolute Gasteiger partial charge is 0.493 e. The number of benzene rings is 2. The van der Waals surface area contributed by atoms with Gasteiger partial charge in [0.2, 0.25) is 0 Å². The molecular formula is C22H20FNO5. The Morgan fingerprint density at radius 3 is 2.24 bits per heavy atom. The quantitative estimate of drug-likeness (QED) is 0.568. The molecule has 29 heavy (non-hydrogen) atoms. The first-order chi connectivity index (χ1) is 13.9. The number of esters is 1. The van der Waals surface area contributed by atoms with E-state index in [9.17, 15) is 14.0 Å². The van der Waals surface area contributed by atoms with Crippen molar-refractivity contribution in [1.82, 2.24) is 0 Å². The molecule has 0 bridgehead atoms. The maximum atomic E-state index is 13.2. The minimum Gasteiger partial charge on any atom is -0.493 e. The summed E-state index contributed by atoms with van der Waals surface area (Å²) in [7, 11) is 4.26. The van der Waals surface area contributed by atoms with Gasteiger partial charge in [-0.05, 0) is 42.8 Å². The van der Waals surface area contributed by atoms with E-state index in [1.165, 1.54) is 56.6 Å². The van der Waals surface area contributed by atoms with E-state index >= 15 is 0 Å². The molecule has 1 aliphatic rings. The molecule has 2 aromatic rings.